The van der Waals surface area contributed by atoms with Crippen molar-refractivity contribution in [3.8, 4) is 22.6 Å². The van der Waals surface area contributed by atoms with Crippen molar-refractivity contribution in [2.75, 3.05) is 0 Å². The van der Waals surface area contributed by atoms with Gasteiger partial charge in [0.1, 0.15) is 12.4 Å². The first-order valence-corrected chi connectivity index (χ1v) is 9.55. The highest BCUT2D eigenvalue weighted by atomic mass is 32.1. The van der Waals surface area contributed by atoms with Crippen LogP contribution in [0.2, 0.25) is 0 Å². The molecule has 0 radical (unpaired) electrons. The number of aromatic nitrogens is 3. The normalized spacial score (nSPS) is 10.8. The summed E-state index contributed by atoms with van der Waals surface area (Å²) >= 11 is 5.44. The van der Waals surface area contributed by atoms with Gasteiger partial charge in [-0.25, -0.2) is 0 Å². The zero-order valence-corrected chi connectivity index (χ0v) is 16.7. The molecule has 0 fully saturated rings. The van der Waals surface area contributed by atoms with Crippen molar-refractivity contribution >= 4 is 12.2 Å². The molecule has 1 heterocycles. The molecule has 28 heavy (non-hydrogen) atoms. The quantitative estimate of drug-likeness (QED) is 0.441. The Hall–Kier alpha value is -3.18. The van der Waals surface area contributed by atoms with Gasteiger partial charge in [-0.05, 0) is 61.0 Å². The Morgan fingerprint density at radius 2 is 1.64 bits per heavy atom. The van der Waals surface area contributed by atoms with Gasteiger partial charge >= 0.3 is 0 Å². The van der Waals surface area contributed by atoms with Crippen LogP contribution in [-0.2, 0) is 6.61 Å². The topological polar surface area (TPSA) is 42.8 Å². The lowest BCUT2D eigenvalue weighted by Gasteiger charge is -2.12. The molecule has 0 unspecified atom stereocenters. The summed E-state index contributed by atoms with van der Waals surface area (Å²) in [5.74, 6) is 1.53. The van der Waals surface area contributed by atoms with Crippen molar-refractivity contribution in [1.29, 1.82) is 0 Å². The van der Waals surface area contributed by atoms with Crippen LogP contribution in [0.3, 0.4) is 0 Å². The summed E-state index contributed by atoms with van der Waals surface area (Å²) in [6, 6.07) is 24.6. The predicted octanol–water partition coefficient (Wildman–Crippen LogP) is 5.79. The van der Waals surface area contributed by atoms with Crippen LogP contribution >= 0.6 is 12.2 Å². The molecule has 0 bridgehead atoms. The lowest BCUT2D eigenvalue weighted by Crippen LogP contribution is -2.07. The first kappa shape index (κ1) is 18.2. The maximum absolute atomic E-state index is 5.97. The van der Waals surface area contributed by atoms with Crippen molar-refractivity contribution in [3.05, 3.63) is 94.5 Å². The summed E-state index contributed by atoms with van der Waals surface area (Å²) in [5.41, 5.74) is 5.72. The number of aryl methyl sites for hydroxylation is 2. The average molecular weight is 388 g/mol. The molecule has 0 amide bonds. The SMILES string of the molecule is Cc1ccc(-n2c(COc3ccc(-c4ccccc4)cc3)n[nH]c2=S)c(C)c1. The lowest BCUT2D eigenvalue weighted by molar-refractivity contribution is 0.293. The maximum Gasteiger partial charge on any atom is 0.199 e. The van der Waals surface area contributed by atoms with Crippen LogP contribution in [0.5, 0.6) is 5.75 Å². The van der Waals surface area contributed by atoms with Gasteiger partial charge in [-0.15, -0.1) is 0 Å². The van der Waals surface area contributed by atoms with Gasteiger partial charge in [-0.3, -0.25) is 9.67 Å². The van der Waals surface area contributed by atoms with Crippen LogP contribution in [0.4, 0.5) is 0 Å². The molecule has 5 heteroatoms. The van der Waals surface area contributed by atoms with Gasteiger partial charge in [0.05, 0.1) is 5.69 Å². The Bertz CT molecular complexity index is 1140. The second-order valence-corrected chi connectivity index (χ2v) is 7.14. The van der Waals surface area contributed by atoms with Crippen molar-refractivity contribution < 1.29 is 4.74 Å². The van der Waals surface area contributed by atoms with Crippen LogP contribution < -0.4 is 4.74 Å². The van der Waals surface area contributed by atoms with Gasteiger partial charge in [-0.1, -0.05) is 60.2 Å². The fraction of sp³-hybridized carbons (Fsp3) is 0.130. The van der Waals surface area contributed by atoms with Crippen molar-refractivity contribution in [2.24, 2.45) is 0 Å². The molecule has 0 aliphatic rings. The molecular weight excluding hydrogens is 366 g/mol. The van der Waals surface area contributed by atoms with E-state index >= 15 is 0 Å². The molecule has 0 saturated heterocycles. The zero-order valence-electron chi connectivity index (χ0n) is 15.8. The van der Waals surface area contributed by atoms with Gasteiger partial charge in [0, 0.05) is 0 Å². The largest absolute Gasteiger partial charge is 0.486 e. The van der Waals surface area contributed by atoms with Crippen LogP contribution in [0.25, 0.3) is 16.8 Å². The molecule has 0 atom stereocenters. The summed E-state index contributed by atoms with van der Waals surface area (Å²) in [6.07, 6.45) is 0. The molecule has 4 nitrogen and oxygen atoms in total. The van der Waals surface area contributed by atoms with E-state index < -0.39 is 0 Å². The monoisotopic (exact) mass is 387 g/mol. The summed E-state index contributed by atoms with van der Waals surface area (Å²) < 4.78 is 8.47. The third-order valence-corrected chi connectivity index (χ3v) is 4.94. The van der Waals surface area contributed by atoms with Crippen molar-refractivity contribution in [1.82, 2.24) is 14.8 Å². The number of hydrogen-bond acceptors (Lipinski definition) is 3. The van der Waals surface area contributed by atoms with E-state index in [1.807, 2.05) is 34.9 Å². The molecule has 1 aromatic heterocycles. The fourth-order valence-electron chi connectivity index (χ4n) is 3.25. The van der Waals surface area contributed by atoms with Gasteiger partial charge in [0.15, 0.2) is 10.6 Å². The second kappa shape index (κ2) is 7.82. The van der Waals surface area contributed by atoms with E-state index in [2.05, 4.69) is 66.5 Å². The standard InChI is InChI=1S/C23H21N3OS/c1-16-8-13-21(17(2)14-16)26-22(24-25-23(26)28)15-27-20-11-9-19(10-12-20)18-6-4-3-5-7-18/h3-14H,15H2,1-2H3,(H,25,28). The maximum atomic E-state index is 5.97. The highest BCUT2D eigenvalue weighted by Crippen LogP contribution is 2.23. The molecule has 0 aliphatic carbocycles. The first-order valence-electron chi connectivity index (χ1n) is 9.14. The van der Waals surface area contributed by atoms with Gasteiger partial charge < -0.3 is 4.74 Å². The van der Waals surface area contributed by atoms with Crippen LogP contribution in [0, 0.1) is 18.6 Å². The van der Waals surface area contributed by atoms with Gasteiger partial charge in [0.2, 0.25) is 0 Å². The van der Waals surface area contributed by atoms with E-state index in [-0.39, 0.29) is 0 Å². The Kier molecular flexibility index (Phi) is 5.08. The Balaban J connectivity index is 1.54. The minimum Gasteiger partial charge on any atom is -0.486 e. The van der Waals surface area contributed by atoms with E-state index in [0.29, 0.717) is 11.4 Å². The predicted molar refractivity (Wildman–Crippen MR) is 114 cm³/mol. The van der Waals surface area contributed by atoms with Crippen LogP contribution in [-0.4, -0.2) is 14.8 Å². The smallest absolute Gasteiger partial charge is 0.199 e. The number of H-pyrrole nitrogens is 1. The molecule has 0 aliphatic heterocycles. The molecule has 4 rings (SSSR count). The number of nitrogens with zero attached hydrogens (tertiary/aromatic N) is 2. The van der Waals surface area contributed by atoms with E-state index in [1.165, 1.54) is 11.1 Å². The number of rotatable bonds is 5. The number of nitrogens with one attached hydrogen (secondary N) is 1. The summed E-state index contributed by atoms with van der Waals surface area (Å²) in [6.45, 7) is 4.48. The second-order valence-electron chi connectivity index (χ2n) is 6.75. The van der Waals surface area contributed by atoms with Crippen molar-refractivity contribution in [3.63, 3.8) is 0 Å². The summed E-state index contributed by atoms with van der Waals surface area (Å²) in [4.78, 5) is 0. The summed E-state index contributed by atoms with van der Waals surface area (Å²) in [5, 5.41) is 7.24. The lowest BCUT2D eigenvalue weighted by atomic mass is 10.1. The number of benzene rings is 3. The number of hydrogen-bond donors (Lipinski definition) is 1. The molecule has 4 aromatic rings. The zero-order chi connectivity index (χ0) is 19.5. The Morgan fingerprint density at radius 1 is 0.929 bits per heavy atom. The van der Waals surface area contributed by atoms with E-state index in [9.17, 15) is 0 Å². The molecule has 1 N–H and O–H groups in total. The fourth-order valence-corrected chi connectivity index (χ4v) is 3.50. The highest BCUT2D eigenvalue weighted by molar-refractivity contribution is 7.71. The van der Waals surface area contributed by atoms with Crippen LogP contribution in [0.1, 0.15) is 17.0 Å². The van der Waals surface area contributed by atoms with Gasteiger partial charge in [-0.2, -0.15) is 5.10 Å². The third-order valence-electron chi connectivity index (χ3n) is 4.66. The Labute approximate surface area is 169 Å². The Morgan fingerprint density at radius 3 is 2.36 bits per heavy atom. The molecule has 3 aromatic carbocycles. The highest BCUT2D eigenvalue weighted by Gasteiger charge is 2.11. The first-order chi connectivity index (χ1) is 13.6. The molecular formula is C23H21N3OS. The number of ether oxygens (including phenoxy) is 1. The van der Waals surface area contributed by atoms with E-state index in [4.69, 9.17) is 17.0 Å². The number of aromatic amines is 1. The molecule has 0 saturated carbocycles. The molecule has 140 valence electrons. The van der Waals surface area contributed by atoms with E-state index in [1.54, 1.807) is 0 Å². The van der Waals surface area contributed by atoms with Crippen LogP contribution in [0.15, 0.2) is 72.8 Å². The summed E-state index contributed by atoms with van der Waals surface area (Å²) in [7, 11) is 0. The molecule has 0 spiro atoms. The minimum absolute atomic E-state index is 0.325. The average Bonchev–Trinajstić information content (AvgIpc) is 3.08. The van der Waals surface area contributed by atoms with E-state index in [0.717, 1.165) is 28.4 Å². The minimum atomic E-state index is 0.325. The van der Waals surface area contributed by atoms with Gasteiger partial charge in [0.25, 0.3) is 0 Å². The third kappa shape index (κ3) is 3.75. The van der Waals surface area contributed by atoms with Crippen molar-refractivity contribution in [2.45, 2.75) is 20.5 Å².